The van der Waals surface area contributed by atoms with Gasteiger partial charge >= 0.3 is 5.97 Å². The molecule has 0 unspecified atom stereocenters. The second kappa shape index (κ2) is 18.8. The van der Waals surface area contributed by atoms with Gasteiger partial charge in [0, 0.05) is 19.9 Å². The molecule has 1 aromatic carbocycles. The van der Waals surface area contributed by atoms with E-state index in [1.807, 2.05) is 0 Å². The summed E-state index contributed by atoms with van der Waals surface area (Å²) in [5.41, 5.74) is 6.06. The molecule has 0 aromatic heterocycles. The van der Waals surface area contributed by atoms with Gasteiger partial charge in [-0.05, 0) is 37.0 Å². The number of amides is 3. The second-order valence-corrected chi connectivity index (χ2v) is 9.06. The largest absolute Gasteiger partial charge is 0.490 e. The topological polar surface area (TPSA) is 185 Å². The maximum absolute atomic E-state index is 13.3. The van der Waals surface area contributed by atoms with Crippen LogP contribution in [-0.4, -0.2) is 68.0 Å². The normalized spacial score (nSPS) is 12.6. The molecular weight excluding hydrogens is 516 g/mol. The molecule has 12 heteroatoms. The Labute approximate surface area is 235 Å². The molecule has 0 heterocycles. The Morgan fingerprint density at radius 2 is 1.60 bits per heavy atom. The predicted molar refractivity (Wildman–Crippen MR) is 153 cm³/mol. The van der Waals surface area contributed by atoms with Gasteiger partial charge in [-0.25, -0.2) is 4.79 Å². The van der Waals surface area contributed by atoms with Crippen molar-refractivity contribution in [3.8, 4) is 5.75 Å². The summed E-state index contributed by atoms with van der Waals surface area (Å²) in [6.45, 7) is 9.39. The van der Waals surface area contributed by atoms with Crippen molar-refractivity contribution in [3.63, 3.8) is 0 Å². The average molecular weight is 559 g/mol. The highest BCUT2D eigenvalue weighted by atomic mass is 16.5. The van der Waals surface area contributed by atoms with Gasteiger partial charge < -0.3 is 36.5 Å². The molecule has 1 aromatic rings. The van der Waals surface area contributed by atoms with Crippen LogP contribution >= 0.6 is 0 Å². The highest BCUT2D eigenvalue weighted by Gasteiger charge is 2.29. The molecule has 0 fully saturated rings. The number of esters is 1. The highest BCUT2D eigenvalue weighted by molar-refractivity contribution is 5.93. The van der Waals surface area contributed by atoms with Crippen molar-refractivity contribution < 1.29 is 28.7 Å². The van der Waals surface area contributed by atoms with Crippen LogP contribution in [0.4, 0.5) is 0 Å². The lowest BCUT2D eigenvalue weighted by Crippen LogP contribution is -2.56. The summed E-state index contributed by atoms with van der Waals surface area (Å²) >= 11 is 0. The Hall–Kier alpha value is -4.35. The zero-order valence-corrected chi connectivity index (χ0v) is 23.3. The zero-order valence-electron chi connectivity index (χ0n) is 23.3. The first-order chi connectivity index (χ1) is 19.1. The summed E-state index contributed by atoms with van der Waals surface area (Å²) in [6.07, 6.45) is 5.69. The van der Waals surface area contributed by atoms with Crippen LogP contribution in [0.15, 0.2) is 49.6 Å². The van der Waals surface area contributed by atoms with Gasteiger partial charge in [0.25, 0.3) is 0 Å². The SMILES string of the molecule is C=CCOc1ccc(C[C@H](NC(C)=O)C(=O)N[C@@H](CCCCCNC(=N)N)C(=O)N[C@@H](CC=C)C(=O)OC)cc1. The smallest absolute Gasteiger partial charge is 0.328 e. The van der Waals surface area contributed by atoms with E-state index >= 15 is 0 Å². The van der Waals surface area contributed by atoms with Gasteiger partial charge in [-0.2, -0.15) is 0 Å². The van der Waals surface area contributed by atoms with Gasteiger partial charge in [-0.15, -0.1) is 6.58 Å². The molecule has 0 bridgehead atoms. The number of hydrogen-bond acceptors (Lipinski definition) is 7. The molecule has 40 heavy (non-hydrogen) atoms. The van der Waals surface area contributed by atoms with Crippen LogP contribution in [0, 0.1) is 5.41 Å². The van der Waals surface area contributed by atoms with E-state index in [0.717, 1.165) is 5.56 Å². The van der Waals surface area contributed by atoms with Crippen LogP contribution in [0.2, 0.25) is 0 Å². The quantitative estimate of drug-likeness (QED) is 0.0478. The summed E-state index contributed by atoms with van der Waals surface area (Å²) in [6, 6.07) is 4.21. The number of nitrogens with two attached hydrogens (primary N) is 1. The van der Waals surface area contributed by atoms with Gasteiger partial charge in [0.05, 0.1) is 7.11 Å². The van der Waals surface area contributed by atoms with Crippen LogP contribution < -0.4 is 31.7 Å². The number of hydrogen-bond donors (Lipinski definition) is 6. The van der Waals surface area contributed by atoms with Crippen molar-refractivity contribution in [2.75, 3.05) is 20.3 Å². The minimum absolute atomic E-state index is 0.122. The molecule has 12 nitrogen and oxygen atoms in total. The van der Waals surface area contributed by atoms with Crippen LogP contribution in [-0.2, 0) is 30.3 Å². The fourth-order valence-electron chi connectivity index (χ4n) is 3.78. The molecule has 0 aliphatic carbocycles. The third kappa shape index (κ3) is 13.4. The Morgan fingerprint density at radius 3 is 2.17 bits per heavy atom. The van der Waals surface area contributed by atoms with Crippen LogP contribution in [0.3, 0.4) is 0 Å². The Bertz CT molecular complexity index is 1010. The second-order valence-electron chi connectivity index (χ2n) is 9.06. The molecule has 3 amide bonds. The Balaban J connectivity index is 3.01. The fourth-order valence-corrected chi connectivity index (χ4v) is 3.78. The van der Waals surface area contributed by atoms with Crippen molar-refractivity contribution >= 4 is 29.7 Å². The number of carbonyl (C=O) groups excluding carboxylic acids is 4. The fraction of sp³-hybridized carbons (Fsp3) is 0.464. The lowest BCUT2D eigenvalue weighted by atomic mass is 10.0. The summed E-state index contributed by atoms with van der Waals surface area (Å²) in [7, 11) is 1.22. The van der Waals surface area contributed by atoms with E-state index in [1.165, 1.54) is 20.1 Å². The van der Waals surface area contributed by atoms with Crippen LogP contribution in [0.25, 0.3) is 0 Å². The number of unbranched alkanes of at least 4 members (excludes halogenated alkanes) is 2. The Morgan fingerprint density at radius 1 is 0.950 bits per heavy atom. The standard InChI is InChI=1S/C28H42N6O6/c1-5-10-23(27(38)39-4)34-25(36)22(11-8-7-9-16-31-28(29)30)33-26(37)24(32-19(3)35)18-20-12-14-21(15-13-20)40-17-6-2/h5-6,12-15,22-24H,1-2,7-11,16-18H2,3-4H3,(H,32,35)(H,33,37)(H,34,36)(H4,29,30,31)/t22-,23-,24-/m0/s1. The third-order valence-corrected chi connectivity index (χ3v) is 5.75. The zero-order chi connectivity index (χ0) is 29.9. The third-order valence-electron chi connectivity index (χ3n) is 5.75. The van der Waals surface area contributed by atoms with Crippen molar-refractivity contribution in [3.05, 3.63) is 55.1 Å². The summed E-state index contributed by atoms with van der Waals surface area (Å²) in [4.78, 5) is 50.5. The van der Waals surface area contributed by atoms with E-state index in [2.05, 4.69) is 34.4 Å². The molecule has 0 spiro atoms. The number of nitrogens with one attached hydrogen (secondary N) is 5. The van der Waals surface area contributed by atoms with Crippen molar-refractivity contribution in [1.29, 1.82) is 5.41 Å². The van der Waals surface area contributed by atoms with E-state index in [9.17, 15) is 19.2 Å². The van der Waals surface area contributed by atoms with Gasteiger partial charge in [0.2, 0.25) is 17.7 Å². The summed E-state index contributed by atoms with van der Waals surface area (Å²) < 4.78 is 10.2. The maximum Gasteiger partial charge on any atom is 0.328 e. The summed E-state index contributed by atoms with van der Waals surface area (Å²) in [5.74, 6) is -1.62. The van der Waals surface area contributed by atoms with E-state index in [1.54, 1.807) is 30.3 Å². The first kappa shape index (κ1) is 33.7. The van der Waals surface area contributed by atoms with Crippen LogP contribution in [0.5, 0.6) is 5.75 Å². The Kier molecular flexibility index (Phi) is 15.9. The number of benzene rings is 1. The molecule has 0 radical (unpaired) electrons. The van der Waals surface area contributed by atoms with Gasteiger partial charge in [0.1, 0.15) is 30.5 Å². The molecule has 7 N–H and O–H groups in total. The number of carbonyl (C=O) groups is 4. The summed E-state index contributed by atoms with van der Waals surface area (Å²) in [5, 5.41) is 18.0. The molecule has 3 atom stereocenters. The molecule has 0 saturated carbocycles. The van der Waals surface area contributed by atoms with E-state index in [4.69, 9.17) is 20.6 Å². The maximum atomic E-state index is 13.3. The number of rotatable bonds is 19. The lowest BCUT2D eigenvalue weighted by molar-refractivity contribution is -0.145. The molecule has 0 aliphatic heterocycles. The van der Waals surface area contributed by atoms with E-state index < -0.39 is 41.8 Å². The van der Waals surface area contributed by atoms with Crippen molar-refractivity contribution in [2.24, 2.45) is 5.73 Å². The molecule has 1 rings (SSSR count). The molecule has 0 aliphatic rings. The van der Waals surface area contributed by atoms with Crippen LogP contribution in [0.1, 0.15) is 44.6 Å². The first-order valence-electron chi connectivity index (χ1n) is 13.1. The minimum atomic E-state index is -0.976. The monoisotopic (exact) mass is 558 g/mol. The molecular formula is C28H42N6O6. The predicted octanol–water partition coefficient (Wildman–Crippen LogP) is 1.06. The molecule has 220 valence electrons. The average Bonchev–Trinajstić information content (AvgIpc) is 2.92. The minimum Gasteiger partial charge on any atom is -0.490 e. The number of guanidine groups is 1. The van der Waals surface area contributed by atoms with Gasteiger partial charge in [0.15, 0.2) is 5.96 Å². The number of ether oxygens (including phenoxy) is 2. The number of methoxy groups -OCH3 is 1. The van der Waals surface area contributed by atoms with Gasteiger partial charge in [-0.3, -0.25) is 19.8 Å². The first-order valence-corrected chi connectivity index (χ1v) is 13.1. The van der Waals surface area contributed by atoms with Gasteiger partial charge in [-0.1, -0.05) is 43.7 Å². The van der Waals surface area contributed by atoms with E-state index in [-0.39, 0.29) is 25.2 Å². The highest BCUT2D eigenvalue weighted by Crippen LogP contribution is 2.14. The van der Waals surface area contributed by atoms with Crippen molar-refractivity contribution in [1.82, 2.24) is 21.3 Å². The van der Waals surface area contributed by atoms with E-state index in [0.29, 0.717) is 38.2 Å². The molecule has 0 saturated heterocycles. The van der Waals surface area contributed by atoms with Crippen molar-refractivity contribution in [2.45, 2.75) is 63.6 Å². The lowest BCUT2D eigenvalue weighted by Gasteiger charge is -2.24.